The Balaban J connectivity index is 1.18. The second kappa shape index (κ2) is 9.90. The number of fused-ring (bicyclic) bond motifs is 1. The summed E-state index contributed by atoms with van der Waals surface area (Å²) in [6.07, 6.45) is 9.42. The SMILES string of the molecule is CN(c1nccc(/C=C2\SC(=O)NC2=O)n1)C1CCC(NCc2cccc3cccnc23)CC1. The van der Waals surface area contributed by atoms with Gasteiger partial charge in [0, 0.05) is 43.5 Å². The van der Waals surface area contributed by atoms with Gasteiger partial charge in [0.15, 0.2) is 0 Å². The van der Waals surface area contributed by atoms with E-state index in [0.29, 0.717) is 28.6 Å². The largest absolute Gasteiger partial charge is 0.341 e. The quantitative estimate of drug-likeness (QED) is 0.519. The molecule has 34 heavy (non-hydrogen) atoms. The van der Waals surface area contributed by atoms with E-state index in [2.05, 4.69) is 54.8 Å². The topological polar surface area (TPSA) is 100 Å². The zero-order valence-electron chi connectivity index (χ0n) is 18.9. The molecule has 8 nitrogen and oxygen atoms in total. The van der Waals surface area contributed by atoms with Crippen LogP contribution in [0.1, 0.15) is 36.9 Å². The van der Waals surface area contributed by atoms with Gasteiger partial charge in [-0.15, -0.1) is 0 Å². The average molecular weight is 475 g/mol. The summed E-state index contributed by atoms with van der Waals surface area (Å²) in [5, 5.41) is 6.80. The number of rotatable bonds is 6. The van der Waals surface area contributed by atoms with Crippen molar-refractivity contribution in [1.82, 2.24) is 25.6 Å². The molecule has 2 amide bonds. The van der Waals surface area contributed by atoms with E-state index in [1.165, 1.54) is 10.9 Å². The van der Waals surface area contributed by atoms with Gasteiger partial charge < -0.3 is 10.2 Å². The maximum Gasteiger partial charge on any atom is 0.290 e. The van der Waals surface area contributed by atoms with Crippen LogP contribution < -0.4 is 15.5 Å². The first-order chi connectivity index (χ1) is 16.6. The van der Waals surface area contributed by atoms with E-state index < -0.39 is 0 Å². The number of para-hydroxylation sites is 1. The van der Waals surface area contributed by atoms with Crippen LogP contribution in [0.2, 0.25) is 0 Å². The van der Waals surface area contributed by atoms with Gasteiger partial charge in [-0.25, -0.2) is 9.97 Å². The van der Waals surface area contributed by atoms with E-state index in [1.54, 1.807) is 18.3 Å². The van der Waals surface area contributed by atoms with Gasteiger partial charge in [-0.1, -0.05) is 24.3 Å². The lowest BCUT2D eigenvalue weighted by molar-refractivity contribution is -0.115. The summed E-state index contributed by atoms with van der Waals surface area (Å²) in [4.78, 5) is 39.3. The first kappa shape index (κ1) is 22.5. The van der Waals surface area contributed by atoms with Gasteiger partial charge in [0.2, 0.25) is 5.95 Å². The normalized spacial score (nSPS) is 21.7. The van der Waals surface area contributed by atoms with Gasteiger partial charge in [0.05, 0.1) is 16.1 Å². The van der Waals surface area contributed by atoms with Crippen molar-refractivity contribution in [3.8, 4) is 0 Å². The second-order valence-electron chi connectivity index (χ2n) is 8.62. The van der Waals surface area contributed by atoms with E-state index in [0.717, 1.165) is 49.5 Å². The van der Waals surface area contributed by atoms with Crippen LogP contribution in [0.4, 0.5) is 10.7 Å². The second-order valence-corrected chi connectivity index (χ2v) is 9.64. The molecule has 3 heterocycles. The van der Waals surface area contributed by atoms with Crippen LogP contribution in [0, 0.1) is 0 Å². The number of nitrogens with zero attached hydrogens (tertiary/aromatic N) is 4. The first-order valence-corrected chi connectivity index (χ1v) is 12.3. The molecular formula is C25H26N6O2S. The summed E-state index contributed by atoms with van der Waals surface area (Å²) < 4.78 is 0. The molecule has 0 spiro atoms. The molecule has 1 saturated carbocycles. The van der Waals surface area contributed by atoms with Crippen LogP contribution in [0.25, 0.3) is 17.0 Å². The molecule has 1 aliphatic carbocycles. The number of nitrogens with one attached hydrogen (secondary N) is 2. The Morgan fingerprint density at radius 3 is 2.71 bits per heavy atom. The Morgan fingerprint density at radius 1 is 1.09 bits per heavy atom. The number of hydrogen-bond donors (Lipinski definition) is 2. The third-order valence-corrected chi connectivity index (χ3v) is 7.25. The molecule has 9 heteroatoms. The summed E-state index contributed by atoms with van der Waals surface area (Å²) in [5.74, 6) is 0.246. The summed E-state index contributed by atoms with van der Waals surface area (Å²) in [6.45, 7) is 0.813. The molecule has 2 aliphatic rings. The minimum absolute atomic E-state index is 0.352. The van der Waals surface area contributed by atoms with Crippen LogP contribution in [0.3, 0.4) is 0 Å². The number of anilines is 1. The van der Waals surface area contributed by atoms with Crippen molar-refractivity contribution in [2.24, 2.45) is 0 Å². The van der Waals surface area contributed by atoms with E-state index in [9.17, 15) is 9.59 Å². The fourth-order valence-corrected chi connectivity index (χ4v) is 5.23. The van der Waals surface area contributed by atoms with E-state index in [-0.39, 0.29) is 11.1 Å². The van der Waals surface area contributed by atoms with Gasteiger partial charge >= 0.3 is 0 Å². The van der Waals surface area contributed by atoms with Gasteiger partial charge in [-0.2, -0.15) is 0 Å². The minimum Gasteiger partial charge on any atom is -0.341 e. The summed E-state index contributed by atoms with van der Waals surface area (Å²) in [7, 11) is 2.02. The Morgan fingerprint density at radius 2 is 1.91 bits per heavy atom. The van der Waals surface area contributed by atoms with Gasteiger partial charge in [0.1, 0.15) is 0 Å². The highest BCUT2D eigenvalue weighted by molar-refractivity contribution is 8.18. The maximum atomic E-state index is 11.8. The van der Waals surface area contributed by atoms with Crippen molar-refractivity contribution in [2.75, 3.05) is 11.9 Å². The molecule has 1 aliphatic heterocycles. The predicted octanol–water partition coefficient (Wildman–Crippen LogP) is 3.89. The Kier molecular flexibility index (Phi) is 6.55. The maximum absolute atomic E-state index is 11.8. The van der Waals surface area contributed by atoms with E-state index in [4.69, 9.17) is 0 Å². The first-order valence-electron chi connectivity index (χ1n) is 11.4. The van der Waals surface area contributed by atoms with Gasteiger partial charge in [-0.3, -0.25) is 19.9 Å². The van der Waals surface area contributed by atoms with E-state index >= 15 is 0 Å². The van der Waals surface area contributed by atoms with Crippen LogP contribution in [0.5, 0.6) is 0 Å². The average Bonchev–Trinajstić information content (AvgIpc) is 3.18. The summed E-state index contributed by atoms with van der Waals surface area (Å²) in [5.41, 5.74) is 2.91. The molecule has 2 fully saturated rings. The predicted molar refractivity (Wildman–Crippen MR) is 134 cm³/mol. The van der Waals surface area contributed by atoms with Crippen molar-refractivity contribution in [3.63, 3.8) is 0 Å². The fourth-order valence-electron chi connectivity index (χ4n) is 4.56. The van der Waals surface area contributed by atoms with Crippen molar-refractivity contribution < 1.29 is 9.59 Å². The Hall–Kier alpha value is -3.30. The number of carbonyl (C=O) groups excluding carboxylic acids is 2. The fraction of sp³-hybridized carbons (Fsp3) is 0.320. The molecule has 2 aromatic heterocycles. The van der Waals surface area contributed by atoms with Gasteiger partial charge in [0.25, 0.3) is 11.1 Å². The molecule has 1 aromatic carbocycles. The number of aromatic nitrogens is 3. The van der Waals surface area contributed by atoms with Crippen LogP contribution in [-0.2, 0) is 11.3 Å². The molecule has 0 unspecified atom stereocenters. The standard InChI is InChI=1S/C25H26N6O2S/c1-31(24-27-13-11-19(29-24)14-21-23(32)30-25(33)34-21)20-9-7-18(8-10-20)28-15-17-5-2-4-16-6-3-12-26-22(16)17/h2-6,11-14,18,20,28H,7-10,15H2,1H3,(H,30,32,33)/b21-14-. The Bertz CT molecular complexity index is 1250. The minimum atomic E-state index is -0.381. The molecular weight excluding hydrogens is 448 g/mol. The van der Waals surface area contributed by atoms with Gasteiger partial charge in [-0.05, 0) is 61.2 Å². The molecule has 0 atom stereocenters. The highest BCUT2D eigenvalue weighted by atomic mass is 32.2. The molecule has 0 bridgehead atoms. The number of amides is 2. The van der Waals surface area contributed by atoms with Crippen molar-refractivity contribution in [1.29, 1.82) is 0 Å². The number of carbonyl (C=O) groups is 2. The number of imide groups is 1. The molecule has 5 rings (SSSR count). The summed E-state index contributed by atoms with van der Waals surface area (Å²) >= 11 is 0.891. The molecule has 2 N–H and O–H groups in total. The zero-order chi connectivity index (χ0) is 23.5. The third kappa shape index (κ3) is 4.95. The summed E-state index contributed by atoms with van der Waals surface area (Å²) in [6, 6.07) is 13.0. The lowest BCUT2D eigenvalue weighted by Crippen LogP contribution is -2.41. The van der Waals surface area contributed by atoms with Crippen molar-refractivity contribution in [2.45, 2.75) is 44.3 Å². The van der Waals surface area contributed by atoms with Crippen LogP contribution in [-0.4, -0.2) is 45.2 Å². The number of thioether (sulfide) groups is 1. The highest BCUT2D eigenvalue weighted by Crippen LogP contribution is 2.27. The van der Waals surface area contributed by atoms with E-state index in [1.807, 2.05) is 19.3 Å². The number of hydrogen-bond acceptors (Lipinski definition) is 8. The highest BCUT2D eigenvalue weighted by Gasteiger charge is 2.27. The molecule has 0 radical (unpaired) electrons. The smallest absolute Gasteiger partial charge is 0.290 e. The van der Waals surface area contributed by atoms with Crippen LogP contribution >= 0.6 is 11.8 Å². The number of pyridine rings is 1. The zero-order valence-corrected chi connectivity index (χ0v) is 19.7. The lowest BCUT2D eigenvalue weighted by atomic mass is 9.90. The third-order valence-electron chi connectivity index (χ3n) is 6.44. The van der Waals surface area contributed by atoms with Crippen molar-refractivity contribution in [3.05, 3.63) is 65.0 Å². The molecule has 3 aromatic rings. The molecule has 174 valence electrons. The number of benzene rings is 1. The van der Waals surface area contributed by atoms with Crippen molar-refractivity contribution >= 4 is 45.8 Å². The lowest BCUT2D eigenvalue weighted by Gasteiger charge is -2.35. The molecule has 1 saturated heterocycles. The monoisotopic (exact) mass is 474 g/mol. The van der Waals surface area contributed by atoms with Crippen LogP contribution in [0.15, 0.2) is 53.7 Å². The Labute approximate surface area is 202 Å².